The number of aromatic nitrogens is 2. The van der Waals surface area contributed by atoms with E-state index in [1.165, 1.54) is 24.4 Å². The Labute approximate surface area is 210 Å². The fourth-order valence-corrected chi connectivity index (χ4v) is 4.72. The molecule has 1 aliphatic rings. The molecule has 0 radical (unpaired) electrons. The molecule has 0 saturated heterocycles. The SMILES string of the molecule is O=C(NCc1ccnc(F)c1)n1c2c(c3cc(Cl)ccc31)CN(C/C=C/c1ccc(F)cc1F)CC2. The summed E-state index contributed by atoms with van der Waals surface area (Å²) in [6, 6.07) is 11.5. The number of benzene rings is 2. The first kappa shape index (κ1) is 24.1. The Morgan fingerprint density at radius 2 is 1.97 bits per heavy atom. The second-order valence-electron chi connectivity index (χ2n) is 8.62. The largest absolute Gasteiger partial charge is 0.333 e. The van der Waals surface area contributed by atoms with Crippen LogP contribution in [0.3, 0.4) is 0 Å². The lowest BCUT2D eigenvalue weighted by Crippen LogP contribution is -2.34. The Kier molecular flexibility index (Phi) is 6.80. The number of halogens is 4. The van der Waals surface area contributed by atoms with Crippen LogP contribution < -0.4 is 5.32 Å². The molecule has 1 amide bonds. The minimum atomic E-state index is -0.611. The van der Waals surface area contributed by atoms with Gasteiger partial charge in [0.15, 0.2) is 0 Å². The lowest BCUT2D eigenvalue weighted by molar-refractivity contribution is 0.240. The molecule has 0 atom stereocenters. The molecule has 0 saturated carbocycles. The second kappa shape index (κ2) is 10.2. The molecule has 4 aromatic rings. The highest BCUT2D eigenvalue weighted by Gasteiger charge is 2.26. The van der Waals surface area contributed by atoms with E-state index < -0.39 is 17.6 Å². The Morgan fingerprint density at radius 3 is 2.78 bits per heavy atom. The number of hydrogen-bond donors (Lipinski definition) is 1. The minimum absolute atomic E-state index is 0.164. The molecule has 3 heterocycles. The van der Waals surface area contributed by atoms with Gasteiger partial charge in [-0.3, -0.25) is 9.47 Å². The molecule has 0 unspecified atom stereocenters. The van der Waals surface area contributed by atoms with Crippen molar-refractivity contribution >= 4 is 34.6 Å². The number of carbonyl (C=O) groups is 1. The first-order valence-corrected chi connectivity index (χ1v) is 11.8. The summed E-state index contributed by atoms with van der Waals surface area (Å²) in [6.45, 7) is 1.99. The summed E-state index contributed by atoms with van der Waals surface area (Å²) >= 11 is 6.28. The molecule has 5 rings (SSSR count). The molecule has 36 heavy (non-hydrogen) atoms. The first-order chi connectivity index (χ1) is 17.4. The van der Waals surface area contributed by atoms with Crippen molar-refractivity contribution in [3.05, 3.63) is 106 Å². The average Bonchev–Trinajstić information content (AvgIpc) is 3.17. The van der Waals surface area contributed by atoms with E-state index in [0.29, 0.717) is 42.2 Å². The number of fused-ring (bicyclic) bond motifs is 3. The van der Waals surface area contributed by atoms with E-state index in [2.05, 4.69) is 15.2 Å². The van der Waals surface area contributed by atoms with Gasteiger partial charge in [0.2, 0.25) is 5.95 Å². The van der Waals surface area contributed by atoms with Crippen LogP contribution in [-0.4, -0.2) is 33.6 Å². The number of pyridine rings is 1. The molecule has 184 valence electrons. The normalized spacial score (nSPS) is 13.9. The Hall–Kier alpha value is -3.62. The molecule has 0 bridgehead atoms. The third kappa shape index (κ3) is 5.01. The molecule has 0 fully saturated rings. The first-order valence-electron chi connectivity index (χ1n) is 11.4. The molecule has 5 nitrogen and oxygen atoms in total. The molecular formula is C27H22ClF3N4O. The summed E-state index contributed by atoms with van der Waals surface area (Å²) in [5.41, 5.74) is 3.58. The van der Waals surface area contributed by atoms with Crippen LogP contribution in [0, 0.1) is 17.6 Å². The van der Waals surface area contributed by atoms with Gasteiger partial charge in [-0.2, -0.15) is 4.39 Å². The van der Waals surface area contributed by atoms with Crippen LogP contribution >= 0.6 is 11.6 Å². The van der Waals surface area contributed by atoms with Crippen molar-refractivity contribution in [2.75, 3.05) is 13.1 Å². The van der Waals surface area contributed by atoms with Crippen molar-refractivity contribution in [1.29, 1.82) is 0 Å². The number of nitrogens with zero attached hydrogens (tertiary/aromatic N) is 3. The van der Waals surface area contributed by atoms with E-state index in [1.807, 2.05) is 18.2 Å². The number of amides is 1. The van der Waals surface area contributed by atoms with Crippen LogP contribution in [-0.2, 0) is 19.5 Å². The van der Waals surface area contributed by atoms with Gasteiger partial charge < -0.3 is 5.32 Å². The summed E-state index contributed by atoms with van der Waals surface area (Å²) in [5, 5.41) is 4.33. The predicted molar refractivity (Wildman–Crippen MR) is 133 cm³/mol. The molecule has 1 N–H and O–H groups in total. The predicted octanol–water partition coefficient (Wildman–Crippen LogP) is 5.94. The molecule has 1 aliphatic heterocycles. The Morgan fingerprint density at radius 1 is 1.11 bits per heavy atom. The molecule has 9 heteroatoms. The molecule has 2 aromatic heterocycles. The smallest absolute Gasteiger partial charge is 0.326 e. The number of carbonyl (C=O) groups excluding carboxylic acids is 1. The van der Waals surface area contributed by atoms with Gasteiger partial charge in [0.05, 0.1) is 5.52 Å². The van der Waals surface area contributed by atoms with Gasteiger partial charge in [-0.05, 0) is 53.6 Å². The van der Waals surface area contributed by atoms with E-state index in [0.717, 1.165) is 28.2 Å². The Balaban J connectivity index is 1.37. The maximum Gasteiger partial charge on any atom is 0.326 e. The molecule has 2 aromatic carbocycles. The fraction of sp³-hybridized carbons (Fsp3) is 0.185. The standard InChI is InChI=1S/C27H22ClF3N4O/c28-19-4-6-24-21(13-19)22-16-34(10-1-2-18-3-5-20(29)14-23(18)30)11-8-25(22)35(24)27(36)33-15-17-7-9-32-26(31)12-17/h1-7,9,12-14H,8,10-11,15-16H2,(H,33,36)/b2-1+. The zero-order chi connectivity index (χ0) is 25.2. The van der Waals surface area contributed by atoms with E-state index in [9.17, 15) is 18.0 Å². The highest BCUT2D eigenvalue weighted by Crippen LogP contribution is 2.32. The third-order valence-corrected chi connectivity index (χ3v) is 6.49. The van der Waals surface area contributed by atoms with Gasteiger partial charge in [-0.15, -0.1) is 0 Å². The van der Waals surface area contributed by atoms with Crippen LogP contribution in [0.2, 0.25) is 5.02 Å². The average molecular weight is 511 g/mol. The maximum absolute atomic E-state index is 13.9. The zero-order valence-corrected chi connectivity index (χ0v) is 19.9. The molecule has 0 spiro atoms. The summed E-state index contributed by atoms with van der Waals surface area (Å²) in [7, 11) is 0. The van der Waals surface area contributed by atoms with Crippen LogP contribution in [0.15, 0.2) is 60.8 Å². The second-order valence-corrected chi connectivity index (χ2v) is 9.06. The van der Waals surface area contributed by atoms with Crippen molar-refractivity contribution in [3.8, 4) is 0 Å². The fourth-order valence-electron chi connectivity index (χ4n) is 4.55. The third-order valence-electron chi connectivity index (χ3n) is 6.25. The monoisotopic (exact) mass is 510 g/mol. The Bertz CT molecular complexity index is 1480. The zero-order valence-electron chi connectivity index (χ0n) is 19.1. The van der Waals surface area contributed by atoms with Gasteiger partial charge >= 0.3 is 6.03 Å². The number of hydrogen-bond acceptors (Lipinski definition) is 3. The van der Waals surface area contributed by atoms with Gasteiger partial charge in [-0.1, -0.05) is 23.8 Å². The van der Waals surface area contributed by atoms with Crippen molar-refractivity contribution in [2.24, 2.45) is 0 Å². The van der Waals surface area contributed by atoms with E-state index in [4.69, 9.17) is 11.6 Å². The van der Waals surface area contributed by atoms with Crippen molar-refractivity contribution in [3.63, 3.8) is 0 Å². The lowest BCUT2D eigenvalue weighted by atomic mass is 10.0. The van der Waals surface area contributed by atoms with E-state index in [1.54, 1.807) is 22.8 Å². The van der Waals surface area contributed by atoms with Crippen molar-refractivity contribution in [1.82, 2.24) is 19.8 Å². The summed E-state index contributed by atoms with van der Waals surface area (Å²) in [4.78, 5) is 18.9. The topological polar surface area (TPSA) is 50.2 Å². The maximum atomic E-state index is 13.9. The van der Waals surface area contributed by atoms with Crippen molar-refractivity contribution < 1.29 is 18.0 Å². The van der Waals surface area contributed by atoms with Crippen LogP contribution in [0.4, 0.5) is 18.0 Å². The van der Waals surface area contributed by atoms with Crippen LogP contribution in [0.25, 0.3) is 17.0 Å². The van der Waals surface area contributed by atoms with Gasteiger partial charge in [0.1, 0.15) is 11.6 Å². The molecule has 0 aliphatic carbocycles. The van der Waals surface area contributed by atoms with Gasteiger partial charge in [-0.25, -0.2) is 18.6 Å². The highest BCUT2D eigenvalue weighted by atomic mass is 35.5. The van der Waals surface area contributed by atoms with Gasteiger partial charge in [0, 0.05) is 66.5 Å². The van der Waals surface area contributed by atoms with E-state index in [-0.39, 0.29) is 12.6 Å². The lowest BCUT2D eigenvalue weighted by Gasteiger charge is -2.27. The number of rotatable bonds is 5. The van der Waals surface area contributed by atoms with Crippen LogP contribution in [0.5, 0.6) is 0 Å². The number of nitrogens with one attached hydrogen (secondary N) is 1. The summed E-state index contributed by atoms with van der Waals surface area (Å²) in [6.07, 6.45) is 5.46. The summed E-state index contributed by atoms with van der Waals surface area (Å²) < 4.78 is 42.1. The highest BCUT2D eigenvalue weighted by molar-refractivity contribution is 6.31. The van der Waals surface area contributed by atoms with E-state index >= 15 is 0 Å². The van der Waals surface area contributed by atoms with Gasteiger partial charge in [0.25, 0.3) is 0 Å². The minimum Gasteiger partial charge on any atom is -0.333 e. The molecular weight excluding hydrogens is 489 g/mol. The van der Waals surface area contributed by atoms with Crippen molar-refractivity contribution in [2.45, 2.75) is 19.5 Å². The van der Waals surface area contributed by atoms with Crippen LogP contribution in [0.1, 0.15) is 22.4 Å². The quantitative estimate of drug-likeness (QED) is 0.338. The summed E-state index contributed by atoms with van der Waals surface area (Å²) in [5.74, 6) is -1.82.